The number of rotatable bonds is 2. The van der Waals surface area contributed by atoms with Crippen molar-refractivity contribution in [1.29, 1.82) is 0 Å². The zero-order chi connectivity index (χ0) is 12.5. The Bertz CT molecular complexity index is 572. The van der Waals surface area contributed by atoms with Crippen LogP contribution in [0.1, 0.15) is 5.82 Å². The zero-order valence-electron chi connectivity index (χ0n) is 9.73. The second-order valence-electron chi connectivity index (χ2n) is 4.15. The molecule has 0 unspecified atom stereocenters. The van der Waals surface area contributed by atoms with Gasteiger partial charge < -0.3 is 15.2 Å². The third-order valence-electron chi connectivity index (χ3n) is 2.95. The highest BCUT2D eigenvalue weighted by molar-refractivity contribution is 5.75. The van der Waals surface area contributed by atoms with Gasteiger partial charge in [-0.1, -0.05) is 0 Å². The summed E-state index contributed by atoms with van der Waals surface area (Å²) >= 11 is 0. The second kappa shape index (κ2) is 4.13. The highest BCUT2D eigenvalue weighted by Crippen LogP contribution is 2.10. The summed E-state index contributed by atoms with van der Waals surface area (Å²) in [4.78, 5) is 21.8. The Hall–Kier alpha value is -2.38. The van der Waals surface area contributed by atoms with Crippen molar-refractivity contribution >= 4 is 11.9 Å². The first kappa shape index (κ1) is 10.8. The molecule has 0 fully saturated rings. The Balaban J connectivity index is 1.67. The number of hydrogen-bond acceptors (Lipinski definition) is 5. The molecule has 2 N–H and O–H groups in total. The van der Waals surface area contributed by atoms with Crippen molar-refractivity contribution in [3.05, 3.63) is 24.5 Å². The predicted octanol–water partition coefficient (Wildman–Crippen LogP) is -0.901. The zero-order valence-corrected chi connectivity index (χ0v) is 9.73. The molecule has 0 bridgehead atoms. The summed E-state index contributed by atoms with van der Waals surface area (Å²) in [6.07, 6.45) is 5.13. The SMILES string of the molecule is Nc1ncn(CC(=O)N2CCn3ccnc3C2)n1. The molecule has 3 heterocycles. The summed E-state index contributed by atoms with van der Waals surface area (Å²) in [5.41, 5.74) is 5.40. The van der Waals surface area contributed by atoms with Crippen LogP contribution in [0.2, 0.25) is 0 Å². The summed E-state index contributed by atoms with van der Waals surface area (Å²) in [6, 6.07) is 0. The molecule has 1 amide bonds. The topological polar surface area (TPSA) is 94.9 Å². The number of hydrogen-bond donors (Lipinski definition) is 1. The molecule has 1 aliphatic rings. The standard InChI is InChI=1S/C10H13N7O/c11-10-13-7-17(14-10)6-9(18)16-4-3-15-2-1-12-8(15)5-16/h1-2,7H,3-6H2,(H2,11,14). The van der Waals surface area contributed by atoms with Crippen LogP contribution in [0.4, 0.5) is 5.95 Å². The van der Waals surface area contributed by atoms with Crippen LogP contribution in [-0.2, 0) is 24.4 Å². The van der Waals surface area contributed by atoms with Crippen LogP contribution in [0.25, 0.3) is 0 Å². The summed E-state index contributed by atoms with van der Waals surface area (Å²) in [6.45, 7) is 2.16. The van der Waals surface area contributed by atoms with E-state index in [1.165, 1.54) is 11.0 Å². The van der Waals surface area contributed by atoms with Gasteiger partial charge in [0.2, 0.25) is 11.9 Å². The van der Waals surface area contributed by atoms with E-state index in [2.05, 4.69) is 19.6 Å². The number of nitrogens with two attached hydrogens (primary N) is 1. The van der Waals surface area contributed by atoms with E-state index in [0.717, 1.165) is 12.4 Å². The van der Waals surface area contributed by atoms with Gasteiger partial charge in [0, 0.05) is 25.5 Å². The molecule has 2 aromatic rings. The van der Waals surface area contributed by atoms with E-state index in [1.807, 2.05) is 6.20 Å². The largest absolute Gasteiger partial charge is 0.367 e. The number of anilines is 1. The maximum atomic E-state index is 12.1. The Morgan fingerprint density at radius 2 is 2.28 bits per heavy atom. The molecule has 3 rings (SSSR count). The van der Waals surface area contributed by atoms with Crippen molar-refractivity contribution in [3.63, 3.8) is 0 Å². The van der Waals surface area contributed by atoms with Gasteiger partial charge in [-0.25, -0.2) is 14.6 Å². The highest BCUT2D eigenvalue weighted by Gasteiger charge is 2.21. The van der Waals surface area contributed by atoms with E-state index in [0.29, 0.717) is 13.1 Å². The first-order valence-corrected chi connectivity index (χ1v) is 5.65. The smallest absolute Gasteiger partial charge is 0.244 e. The summed E-state index contributed by atoms with van der Waals surface area (Å²) in [5, 5.41) is 3.89. The van der Waals surface area contributed by atoms with Crippen molar-refractivity contribution in [2.45, 2.75) is 19.6 Å². The van der Waals surface area contributed by atoms with Crippen molar-refractivity contribution in [2.24, 2.45) is 0 Å². The van der Waals surface area contributed by atoms with E-state index < -0.39 is 0 Å². The van der Waals surface area contributed by atoms with E-state index in [4.69, 9.17) is 5.73 Å². The van der Waals surface area contributed by atoms with Gasteiger partial charge in [0.05, 0.1) is 6.54 Å². The van der Waals surface area contributed by atoms with Gasteiger partial charge in [-0.2, -0.15) is 0 Å². The van der Waals surface area contributed by atoms with Gasteiger partial charge in [-0.3, -0.25) is 4.79 Å². The molecule has 0 saturated heterocycles. The van der Waals surface area contributed by atoms with Gasteiger partial charge in [0.15, 0.2) is 0 Å². The molecule has 94 valence electrons. The molecule has 8 nitrogen and oxygen atoms in total. The number of carbonyl (C=O) groups excluding carboxylic acids is 1. The molecule has 0 atom stereocenters. The highest BCUT2D eigenvalue weighted by atomic mass is 16.2. The minimum absolute atomic E-state index is 0.00542. The van der Waals surface area contributed by atoms with Gasteiger partial charge in [0.1, 0.15) is 18.7 Å². The average molecular weight is 247 g/mol. The lowest BCUT2D eigenvalue weighted by Crippen LogP contribution is -2.40. The minimum atomic E-state index is -0.00542. The van der Waals surface area contributed by atoms with E-state index >= 15 is 0 Å². The third kappa shape index (κ3) is 1.92. The van der Waals surface area contributed by atoms with Crippen molar-refractivity contribution in [3.8, 4) is 0 Å². The van der Waals surface area contributed by atoms with Crippen LogP contribution in [-0.4, -0.2) is 41.7 Å². The van der Waals surface area contributed by atoms with E-state index in [9.17, 15) is 4.79 Å². The molecular formula is C10H13N7O. The number of carbonyl (C=O) groups is 1. The number of nitrogens with zero attached hydrogens (tertiary/aromatic N) is 6. The van der Waals surface area contributed by atoms with Gasteiger partial charge in [-0.15, -0.1) is 5.10 Å². The minimum Gasteiger partial charge on any atom is -0.367 e. The molecule has 18 heavy (non-hydrogen) atoms. The third-order valence-corrected chi connectivity index (χ3v) is 2.95. The van der Waals surface area contributed by atoms with Gasteiger partial charge in [0.25, 0.3) is 0 Å². The van der Waals surface area contributed by atoms with Crippen LogP contribution in [0, 0.1) is 0 Å². The first-order chi connectivity index (χ1) is 8.72. The van der Waals surface area contributed by atoms with Crippen molar-refractivity contribution in [2.75, 3.05) is 12.3 Å². The summed E-state index contributed by atoms with van der Waals surface area (Å²) < 4.78 is 3.50. The molecule has 0 saturated carbocycles. The second-order valence-corrected chi connectivity index (χ2v) is 4.15. The average Bonchev–Trinajstić information content (AvgIpc) is 2.96. The predicted molar refractivity (Wildman–Crippen MR) is 62.1 cm³/mol. The Morgan fingerprint density at radius 3 is 3.06 bits per heavy atom. The molecule has 1 aliphatic heterocycles. The normalized spacial score (nSPS) is 14.6. The lowest BCUT2D eigenvalue weighted by molar-refractivity contribution is -0.133. The Kier molecular flexibility index (Phi) is 2.47. The lowest BCUT2D eigenvalue weighted by Gasteiger charge is -2.27. The molecule has 0 spiro atoms. The monoisotopic (exact) mass is 247 g/mol. The van der Waals surface area contributed by atoms with Gasteiger partial charge in [-0.05, 0) is 0 Å². The van der Waals surface area contributed by atoms with E-state index in [-0.39, 0.29) is 18.4 Å². The first-order valence-electron chi connectivity index (χ1n) is 5.65. The van der Waals surface area contributed by atoms with Crippen LogP contribution in [0.5, 0.6) is 0 Å². The quantitative estimate of drug-likeness (QED) is 0.742. The fourth-order valence-electron chi connectivity index (χ4n) is 2.01. The molecule has 0 aliphatic carbocycles. The fraction of sp³-hybridized carbons (Fsp3) is 0.400. The fourth-order valence-corrected chi connectivity index (χ4v) is 2.01. The van der Waals surface area contributed by atoms with Crippen LogP contribution >= 0.6 is 0 Å². The Morgan fingerprint density at radius 1 is 1.39 bits per heavy atom. The summed E-state index contributed by atoms with van der Waals surface area (Å²) in [7, 11) is 0. The number of imidazole rings is 1. The molecule has 0 aromatic carbocycles. The maximum Gasteiger partial charge on any atom is 0.244 e. The van der Waals surface area contributed by atoms with Crippen molar-refractivity contribution in [1.82, 2.24) is 29.2 Å². The van der Waals surface area contributed by atoms with Crippen molar-refractivity contribution < 1.29 is 4.79 Å². The van der Waals surface area contributed by atoms with Crippen LogP contribution < -0.4 is 5.73 Å². The number of aromatic nitrogens is 5. The molecule has 2 aromatic heterocycles. The lowest BCUT2D eigenvalue weighted by atomic mass is 10.3. The van der Waals surface area contributed by atoms with Gasteiger partial charge >= 0.3 is 0 Å². The van der Waals surface area contributed by atoms with E-state index in [1.54, 1.807) is 11.1 Å². The number of nitrogen functional groups attached to an aromatic ring is 1. The summed E-state index contributed by atoms with van der Waals surface area (Å²) in [5.74, 6) is 1.08. The Labute approximate surface area is 103 Å². The molecular weight excluding hydrogens is 234 g/mol. The molecule has 8 heteroatoms. The molecule has 0 radical (unpaired) electrons. The van der Waals surface area contributed by atoms with Crippen LogP contribution in [0.15, 0.2) is 18.7 Å². The maximum absolute atomic E-state index is 12.1. The van der Waals surface area contributed by atoms with Crippen LogP contribution in [0.3, 0.4) is 0 Å². The number of amides is 1. The number of fused-ring (bicyclic) bond motifs is 1.